The van der Waals surface area contributed by atoms with Gasteiger partial charge in [0.15, 0.2) is 0 Å². The van der Waals surface area contributed by atoms with Crippen molar-refractivity contribution in [2.45, 2.75) is 60.3 Å². The average molecular weight is 397 g/mol. The van der Waals surface area contributed by atoms with Gasteiger partial charge in [-0.1, -0.05) is 70.5 Å². The second-order valence-electron chi connectivity index (χ2n) is 10.0. The van der Waals surface area contributed by atoms with Crippen LogP contribution in [0.5, 0.6) is 0 Å². The minimum absolute atomic E-state index is 0.0930. The number of hydrogen-bond acceptors (Lipinski definition) is 2. The quantitative estimate of drug-likeness (QED) is 0.334. The number of fused-ring (bicyclic) bond motifs is 3. The van der Waals surface area contributed by atoms with Crippen LogP contribution in [0.4, 0.5) is 0 Å². The Morgan fingerprint density at radius 2 is 1.67 bits per heavy atom. The highest BCUT2D eigenvalue weighted by Crippen LogP contribution is 2.35. The molecule has 0 radical (unpaired) electrons. The van der Waals surface area contributed by atoms with Gasteiger partial charge in [-0.25, -0.2) is 9.97 Å². The van der Waals surface area contributed by atoms with Crippen LogP contribution in [0.25, 0.3) is 32.9 Å². The molecule has 0 saturated heterocycles. The molecule has 0 bridgehead atoms. The van der Waals surface area contributed by atoms with E-state index in [0.717, 1.165) is 28.8 Å². The average Bonchev–Trinajstić information content (AvgIpc) is 2.65. The maximum atomic E-state index is 4.94. The summed E-state index contributed by atoms with van der Waals surface area (Å²) in [5.41, 5.74) is 7.35. The summed E-state index contributed by atoms with van der Waals surface area (Å²) in [4.78, 5) is 9.86. The number of aromatic nitrogens is 2. The lowest BCUT2D eigenvalue weighted by Crippen LogP contribution is -2.11. The number of rotatable bonds is 3. The fraction of sp³-hybridized carbons (Fsp3) is 0.357. The molecule has 4 aromatic rings. The molecule has 30 heavy (non-hydrogen) atoms. The minimum Gasteiger partial charge on any atom is -0.233 e. The summed E-state index contributed by atoms with van der Waals surface area (Å²) in [7, 11) is 0. The SMILES string of the molecule is Cc1cc(-c2nc(C)nc3c2ccc2cccc(CC(C)C)c23)cc(C(C)(C)C)c1. The highest BCUT2D eigenvalue weighted by molar-refractivity contribution is 6.10. The van der Waals surface area contributed by atoms with E-state index in [2.05, 4.69) is 90.1 Å². The summed E-state index contributed by atoms with van der Waals surface area (Å²) < 4.78 is 0. The Morgan fingerprint density at radius 1 is 0.900 bits per heavy atom. The first-order valence-electron chi connectivity index (χ1n) is 10.9. The Hall–Kier alpha value is -2.74. The summed E-state index contributed by atoms with van der Waals surface area (Å²) in [6.07, 6.45) is 1.05. The van der Waals surface area contributed by atoms with E-state index in [-0.39, 0.29) is 5.41 Å². The molecule has 0 aliphatic heterocycles. The van der Waals surface area contributed by atoms with E-state index in [0.29, 0.717) is 5.92 Å². The van der Waals surface area contributed by atoms with Crippen LogP contribution in [0.3, 0.4) is 0 Å². The number of nitrogens with zero attached hydrogens (tertiary/aromatic N) is 2. The highest BCUT2D eigenvalue weighted by atomic mass is 14.9. The molecule has 2 heteroatoms. The van der Waals surface area contributed by atoms with Crippen LogP contribution < -0.4 is 0 Å². The molecule has 154 valence electrons. The third-order valence-electron chi connectivity index (χ3n) is 5.75. The van der Waals surface area contributed by atoms with Crippen molar-refractivity contribution in [1.29, 1.82) is 0 Å². The van der Waals surface area contributed by atoms with Crippen LogP contribution in [0.1, 0.15) is 57.1 Å². The molecule has 0 spiro atoms. The molecule has 4 rings (SSSR count). The molecule has 0 aliphatic rings. The molecule has 2 nitrogen and oxygen atoms in total. The summed E-state index contributed by atoms with van der Waals surface area (Å²) >= 11 is 0. The lowest BCUT2D eigenvalue weighted by molar-refractivity contribution is 0.590. The van der Waals surface area contributed by atoms with Gasteiger partial charge in [0.25, 0.3) is 0 Å². The standard InChI is InChI=1S/C28H32N2/c1-17(2)13-21-10-8-9-20-11-12-24-26(29-19(4)30-27(24)25(20)21)22-14-18(3)15-23(16-22)28(5,6)7/h8-12,14-17H,13H2,1-7H3. The first-order valence-corrected chi connectivity index (χ1v) is 10.9. The molecule has 0 amide bonds. The second-order valence-corrected chi connectivity index (χ2v) is 10.0. The molecule has 0 fully saturated rings. The minimum atomic E-state index is 0.0930. The van der Waals surface area contributed by atoms with Crippen molar-refractivity contribution < 1.29 is 0 Å². The Labute approximate surface area is 180 Å². The van der Waals surface area contributed by atoms with E-state index in [1.54, 1.807) is 0 Å². The van der Waals surface area contributed by atoms with Gasteiger partial charge in [-0.05, 0) is 66.3 Å². The van der Waals surface area contributed by atoms with E-state index >= 15 is 0 Å². The monoisotopic (exact) mass is 396 g/mol. The van der Waals surface area contributed by atoms with E-state index in [1.807, 2.05) is 6.92 Å². The van der Waals surface area contributed by atoms with Crippen LogP contribution >= 0.6 is 0 Å². The number of hydrogen-bond donors (Lipinski definition) is 0. The van der Waals surface area contributed by atoms with Crippen LogP contribution in [-0.2, 0) is 11.8 Å². The maximum Gasteiger partial charge on any atom is 0.126 e. The van der Waals surface area contributed by atoms with Crippen LogP contribution in [0.15, 0.2) is 48.5 Å². The fourth-order valence-corrected chi connectivity index (χ4v) is 4.33. The van der Waals surface area contributed by atoms with Gasteiger partial charge in [0.2, 0.25) is 0 Å². The lowest BCUT2D eigenvalue weighted by atomic mass is 9.84. The fourth-order valence-electron chi connectivity index (χ4n) is 4.33. The van der Waals surface area contributed by atoms with Gasteiger partial charge in [0.1, 0.15) is 5.82 Å². The van der Waals surface area contributed by atoms with Gasteiger partial charge in [0, 0.05) is 16.3 Å². The molecule has 0 unspecified atom stereocenters. The van der Waals surface area contributed by atoms with Crippen molar-refractivity contribution in [2.75, 3.05) is 0 Å². The molecule has 0 aliphatic carbocycles. The van der Waals surface area contributed by atoms with Crippen LogP contribution in [0.2, 0.25) is 0 Å². The van der Waals surface area contributed by atoms with Crippen LogP contribution in [0, 0.1) is 19.8 Å². The van der Waals surface area contributed by atoms with Gasteiger partial charge in [-0.3, -0.25) is 0 Å². The van der Waals surface area contributed by atoms with Crippen molar-refractivity contribution in [2.24, 2.45) is 5.92 Å². The van der Waals surface area contributed by atoms with Crippen molar-refractivity contribution in [3.63, 3.8) is 0 Å². The number of aryl methyl sites for hydroxylation is 2. The number of benzene rings is 3. The van der Waals surface area contributed by atoms with Gasteiger partial charge in [0.05, 0.1) is 11.2 Å². The molecule has 0 N–H and O–H groups in total. The van der Waals surface area contributed by atoms with E-state index in [4.69, 9.17) is 9.97 Å². The molecular weight excluding hydrogens is 364 g/mol. The van der Waals surface area contributed by atoms with E-state index in [9.17, 15) is 0 Å². The highest BCUT2D eigenvalue weighted by Gasteiger charge is 2.18. The normalized spacial score (nSPS) is 12.3. The van der Waals surface area contributed by atoms with E-state index in [1.165, 1.54) is 33.0 Å². The molecule has 1 heterocycles. The second kappa shape index (κ2) is 7.50. The summed E-state index contributed by atoms with van der Waals surface area (Å²) in [5, 5.41) is 3.67. The van der Waals surface area contributed by atoms with Crippen molar-refractivity contribution in [3.05, 3.63) is 71.0 Å². The smallest absolute Gasteiger partial charge is 0.126 e. The predicted octanol–water partition coefficient (Wildman–Crippen LogP) is 7.56. The van der Waals surface area contributed by atoms with Gasteiger partial charge in [-0.2, -0.15) is 0 Å². The molecular formula is C28H32N2. The topological polar surface area (TPSA) is 25.8 Å². The largest absolute Gasteiger partial charge is 0.233 e. The third kappa shape index (κ3) is 3.84. The predicted molar refractivity (Wildman–Crippen MR) is 129 cm³/mol. The third-order valence-corrected chi connectivity index (χ3v) is 5.75. The van der Waals surface area contributed by atoms with Crippen molar-refractivity contribution in [1.82, 2.24) is 9.97 Å². The van der Waals surface area contributed by atoms with Gasteiger partial charge >= 0.3 is 0 Å². The molecule has 3 aromatic carbocycles. The maximum absolute atomic E-state index is 4.94. The first-order chi connectivity index (χ1) is 14.1. The van der Waals surface area contributed by atoms with E-state index < -0.39 is 0 Å². The summed E-state index contributed by atoms with van der Waals surface area (Å²) in [5.74, 6) is 1.42. The molecule has 0 atom stereocenters. The molecule has 1 aromatic heterocycles. The van der Waals surface area contributed by atoms with Crippen molar-refractivity contribution >= 4 is 21.7 Å². The Bertz CT molecular complexity index is 1240. The Balaban J connectivity index is 2.06. The van der Waals surface area contributed by atoms with Gasteiger partial charge in [-0.15, -0.1) is 0 Å². The van der Waals surface area contributed by atoms with Crippen molar-refractivity contribution in [3.8, 4) is 11.3 Å². The molecule has 0 saturated carbocycles. The van der Waals surface area contributed by atoms with Gasteiger partial charge < -0.3 is 0 Å². The zero-order valence-corrected chi connectivity index (χ0v) is 19.3. The Kier molecular flexibility index (Phi) is 5.13. The Morgan fingerprint density at radius 3 is 2.37 bits per heavy atom. The summed E-state index contributed by atoms with van der Waals surface area (Å²) in [6, 6.07) is 17.9. The first kappa shape index (κ1) is 20.5. The lowest BCUT2D eigenvalue weighted by Gasteiger charge is -2.21. The zero-order chi connectivity index (χ0) is 21.6. The zero-order valence-electron chi connectivity index (χ0n) is 19.3. The van der Waals surface area contributed by atoms with Crippen LogP contribution in [-0.4, -0.2) is 9.97 Å². The summed E-state index contributed by atoms with van der Waals surface area (Å²) in [6.45, 7) is 15.5.